The second kappa shape index (κ2) is 7.20. The lowest BCUT2D eigenvalue weighted by atomic mass is 9.86. The first-order valence-electron chi connectivity index (χ1n) is 9.52. The number of amides is 2. The summed E-state index contributed by atoms with van der Waals surface area (Å²) in [5.41, 5.74) is 1.09. The molecule has 2 aromatic rings. The topological polar surface area (TPSA) is 66.9 Å². The van der Waals surface area contributed by atoms with Gasteiger partial charge in [-0.15, -0.1) is 6.58 Å². The van der Waals surface area contributed by atoms with E-state index < -0.39 is 17.7 Å². The van der Waals surface area contributed by atoms with Crippen molar-refractivity contribution in [2.45, 2.75) is 31.7 Å². The molecule has 2 aliphatic rings. The van der Waals surface area contributed by atoms with E-state index in [1.54, 1.807) is 28.0 Å². The monoisotopic (exact) mass is 390 g/mol. The third-order valence-electron chi connectivity index (χ3n) is 5.57. The van der Waals surface area contributed by atoms with Crippen molar-refractivity contribution in [1.29, 1.82) is 0 Å². The molecule has 0 aromatic heterocycles. The van der Waals surface area contributed by atoms with E-state index >= 15 is 0 Å². The molecule has 148 valence electrons. The number of benzene rings is 2. The summed E-state index contributed by atoms with van der Waals surface area (Å²) >= 11 is 0. The molecule has 1 spiro atoms. The highest BCUT2D eigenvalue weighted by molar-refractivity contribution is 6.02. The van der Waals surface area contributed by atoms with Gasteiger partial charge >= 0.3 is 5.97 Å². The Bertz CT molecular complexity index is 987. The number of ether oxygens (including phenoxy) is 1. The summed E-state index contributed by atoms with van der Waals surface area (Å²) in [7, 11) is 0. The molecule has 0 radical (unpaired) electrons. The van der Waals surface area contributed by atoms with Gasteiger partial charge in [-0.2, -0.15) is 0 Å². The number of likely N-dealkylation sites (tertiary alicyclic amines) is 1. The summed E-state index contributed by atoms with van der Waals surface area (Å²) < 4.78 is 5.72. The van der Waals surface area contributed by atoms with Crippen LogP contribution in [0.1, 0.15) is 34.8 Å². The molecule has 2 heterocycles. The van der Waals surface area contributed by atoms with Gasteiger partial charge in [0.1, 0.15) is 5.54 Å². The van der Waals surface area contributed by atoms with Crippen LogP contribution in [0.2, 0.25) is 0 Å². The zero-order chi connectivity index (χ0) is 20.6. The van der Waals surface area contributed by atoms with Gasteiger partial charge < -0.3 is 14.5 Å². The highest BCUT2D eigenvalue weighted by atomic mass is 16.6. The Labute approximate surface area is 169 Å². The normalized spacial score (nSPS) is 22.9. The molecule has 0 N–H and O–H groups in total. The summed E-state index contributed by atoms with van der Waals surface area (Å²) in [6.45, 7) is 5.62. The van der Waals surface area contributed by atoms with E-state index in [2.05, 4.69) is 6.58 Å². The average molecular weight is 390 g/mol. The number of carbonyl (C=O) groups is 3. The van der Waals surface area contributed by atoms with Crippen LogP contribution in [0.15, 0.2) is 67.3 Å². The SMILES string of the molecule is C=CCN1C(=O)c2ccccc2[C@]12CC(=O)N(Cc1ccccc1)[C@H]2OC(C)=O. The second-order valence-corrected chi connectivity index (χ2v) is 7.32. The van der Waals surface area contributed by atoms with E-state index in [0.717, 1.165) is 5.56 Å². The summed E-state index contributed by atoms with van der Waals surface area (Å²) in [6.07, 6.45) is 0.759. The highest BCUT2D eigenvalue weighted by Gasteiger charge is 2.63. The van der Waals surface area contributed by atoms with E-state index in [9.17, 15) is 14.4 Å². The van der Waals surface area contributed by atoms with Gasteiger partial charge in [-0.25, -0.2) is 0 Å². The Morgan fingerprint density at radius 2 is 1.86 bits per heavy atom. The second-order valence-electron chi connectivity index (χ2n) is 7.32. The van der Waals surface area contributed by atoms with E-state index in [1.807, 2.05) is 42.5 Å². The van der Waals surface area contributed by atoms with Gasteiger partial charge in [0.15, 0.2) is 0 Å². The zero-order valence-electron chi connectivity index (χ0n) is 16.2. The molecule has 1 saturated heterocycles. The van der Waals surface area contributed by atoms with Crippen LogP contribution in [0, 0.1) is 0 Å². The molecule has 2 amide bonds. The van der Waals surface area contributed by atoms with Crippen molar-refractivity contribution in [3.05, 3.63) is 83.9 Å². The van der Waals surface area contributed by atoms with E-state index in [0.29, 0.717) is 11.1 Å². The minimum Gasteiger partial charge on any atom is -0.439 e. The first-order valence-corrected chi connectivity index (χ1v) is 9.52. The van der Waals surface area contributed by atoms with Crippen LogP contribution < -0.4 is 0 Å². The Morgan fingerprint density at radius 3 is 2.55 bits per heavy atom. The van der Waals surface area contributed by atoms with Crippen LogP contribution in [0.3, 0.4) is 0 Å². The fraction of sp³-hybridized carbons (Fsp3) is 0.261. The van der Waals surface area contributed by atoms with Crippen LogP contribution in [0.4, 0.5) is 0 Å². The lowest BCUT2D eigenvalue weighted by molar-refractivity contribution is -0.167. The van der Waals surface area contributed by atoms with Crippen LogP contribution in [0.5, 0.6) is 0 Å². The molecule has 0 aliphatic carbocycles. The summed E-state index contributed by atoms with van der Waals surface area (Å²) in [6, 6.07) is 16.7. The molecule has 2 aromatic carbocycles. The highest BCUT2D eigenvalue weighted by Crippen LogP contribution is 2.50. The molecule has 0 bridgehead atoms. The fourth-order valence-electron chi connectivity index (χ4n) is 4.43. The van der Waals surface area contributed by atoms with Crippen LogP contribution in [-0.4, -0.2) is 40.4 Å². The molecule has 6 heteroatoms. The number of fused-ring (bicyclic) bond motifs is 2. The minimum atomic E-state index is -1.07. The van der Waals surface area contributed by atoms with Crippen molar-refractivity contribution < 1.29 is 19.1 Å². The maximum absolute atomic E-state index is 13.2. The molecule has 29 heavy (non-hydrogen) atoms. The first kappa shape index (κ1) is 18.9. The van der Waals surface area contributed by atoms with Crippen molar-refractivity contribution in [3.63, 3.8) is 0 Å². The summed E-state index contributed by atoms with van der Waals surface area (Å²) in [4.78, 5) is 41.5. The molecule has 2 aliphatic heterocycles. The predicted octanol–water partition coefficient (Wildman–Crippen LogP) is 2.85. The molecule has 1 fully saturated rings. The first-order chi connectivity index (χ1) is 14.0. The van der Waals surface area contributed by atoms with Crippen molar-refractivity contribution >= 4 is 17.8 Å². The average Bonchev–Trinajstić information content (AvgIpc) is 3.11. The number of nitrogens with zero attached hydrogens (tertiary/aromatic N) is 2. The van der Waals surface area contributed by atoms with Crippen molar-refractivity contribution in [3.8, 4) is 0 Å². The molecule has 0 unspecified atom stereocenters. The molecular weight excluding hydrogens is 368 g/mol. The number of esters is 1. The molecule has 0 saturated carbocycles. The molecule has 2 atom stereocenters. The zero-order valence-corrected chi connectivity index (χ0v) is 16.2. The molecule has 6 nitrogen and oxygen atoms in total. The third kappa shape index (κ3) is 2.92. The van der Waals surface area contributed by atoms with Gasteiger partial charge in [0.2, 0.25) is 12.1 Å². The Morgan fingerprint density at radius 1 is 1.17 bits per heavy atom. The van der Waals surface area contributed by atoms with Crippen molar-refractivity contribution in [2.24, 2.45) is 0 Å². The Hall–Kier alpha value is -3.41. The van der Waals surface area contributed by atoms with Gasteiger partial charge in [0.25, 0.3) is 5.91 Å². The fourth-order valence-corrected chi connectivity index (χ4v) is 4.43. The smallest absolute Gasteiger partial charge is 0.304 e. The third-order valence-corrected chi connectivity index (χ3v) is 5.57. The van der Waals surface area contributed by atoms with E-state index in [1.165, 1.54) is 6.92 Å². The van der Waals surface area contributed by atoms with Gasteiger partial charge in [-0.1, -0.05) is 54.6 Å². The van der Waals surface area contributed by atoms with Gasteiger partial charge in [0.05, 0.1) is 6.42 Å². The predicted molar refractivity (Wildman–Crippen MR) is 107 cm³/mol. The molecular formula is C23H22N2O4. The number of hydrogen-bond donors (Lipinski definition) is 0. The largest absolute Gasteiger partial charge is 0.439 e. The van der Waals surface area contributed by atoms with Crippen molar-refractivity contribution in [1.82, 2.24) is 9.80 Å². The van der Waals surface area contributed by atoms with Crippen LogP contribution in [-0.2, 0) is 26.4 Å². The van der Waals surface area contributed by atoms with Gasteiger partial charge in [-0.3, -0.25) is 14.4 Å². The Balaban J connectivity index is 1.85. The Kier molecular flexibility index (Phi) is 4.70. The minimum absolute atomic E-state index is 0.0500. The maximum Gasteiger partial charge on any atom is 0.304 e. The van der Waals surface area contributed by atoms with Gasteiger partial charge in [0, 0.05) is 25.6 Å². The summed E-state index contributed by atoms with van der Waals surface area (Å²) in [5, 5.41) is 0. The van der Waals surface area contributed by atoms with E-state index in [-0.39, 0.29) is 31.3 Å². The quantitative estimate of drug-likeness (QED) is 0.582. The van der Waals surface area contributed by atoms with Crippen LogP contribution >= 0.6 is 0 Å². The van der Waals surface area contributed by atoms with Crippen LogP contribution in [0.25, 0.3) is 0 Å². The maximum atomic E-state index is 13.2. The standard InChI is InChI=1S/C23H22N2O4/c1-3-13-25-21(28)18-11-7-8-12-19(18)23(25)14-20(27)24(22(23)29-16(2)26)15-17-9-5-4-6-10-17/h3-12,22H,1,13-15H2,2H3/t22-,23-/m0/s1. The summed E-state index contributed by atoms with van der Waals surface area (Å²) in [5.74, 6) is -0.858. The van der Waals surface area contributed by atoms with Crippen molar-refractivity contribution in [2.75, 3.05) is 6.54 Å². The number of carbonyl (C=O) groups excluding carboxylic acids is 3. The lowest BCUT2D eigenvalue weighted by Gasteiger charge is -2.40. The lowest BCUT2D eigenvalue weighted by Crippen LogP contribution is -2.54. The molecule has 4 rings (SSSR count). The van der Waals surface area contributed by atoms with Gasteiger partial charge in [-0.05, 0) is 17.2 Å². The van der Waals surface area contributed by atoms with E-state index in [4.69, 9.17) is 4.74 Å². The number of hydrogen-bond acceptors (Lipinski definition) is 4. The number of rotatable bonds is 5.